The van der Waals surface area contributed by atoms with Crippen LogP contribution in [0.5, 0.6) is 0 Å². The van der Waals surface area contributed by atoms with Crippen molar-refractivity contribution in [1.82, 2.24) is 14.9 Å². The molecule has 2 aromatic carbocycles. The summed E-state index contributed by atoms with van der Waals surface area (Å²) in [6, 6.07) is 13.7. The van der Waals surface area contributed by atoms with Gasteiger partial charge in [-0.15, -0.1) is 11.3 Å². The first-order valence-electron chi connectivity index (χ1n) is 9.24. The second-order valence-corrected chi connectivity index (χ2v) is 8.35. The van der Waals surface area contributed by atoms with Crippen LogP contribution in [-0.2, 0) is 6.54 Å². The van der Waals surface area contributed by atoms with Crippen LogP contribution in [0.15, 0.2) is 60.5 Å². The summed E-state index contributed by atoms with van der Waals surface area (Å²) in [6.45, 7) is 4.27. The van der Waals surface area contributed by atoms with Crippen LogP contribution >= 0.6 is 11.3 Å². The number of rotatable bonds is 2. The molecule has 1 aliphatic rings. The molecule has 1 unspecified atom stereocenters. The summed E-state index contributed by atoms with van der Waals surface area (Å²) in [5, 5.41) is 3.52. The topological polar surface area (TPSA) is 29.0 Å². The van der Waals surface area contributed by atoms with E-state index in [9.17, 15) is 0 Å². The van der Waals surface area contributed by atoms with Crippen LogP contribution in [0.25, 0.3) is 21.2 Å². The van der Waals surface area contributed by atoms with E-state index in [0.29, 0.717) is 5.92 Å². The highest BCUT2D eigenvalue weighted by atomic mass is 32.1. The fraction of sp³-hybridized carbons (Fsp3) is 0.217. The third kappa shape index (κ3) is 2.85. The van der Waals surface area contributed by atoms with E-state index in [2.05, 4.69) is 70.6 Å². The summed E-state index contributed by atoms with van der Waals surface area (Å²) in [4.78, 5) is 10.8. The molecule has 0 radical (unpaired) electrons. The Morgan fingerprint density at radius 1 is 1.07 bits per heavy atom. The van der Waals surface area contributed by atoms with Gasteiger partial charge in [-0.25, -0.2) is 9.97 Å². The maximum Gasteiger partial charge on any atom is 0.115 e. The summed E-state index contributed by atoms with van der Waals surface area (Å²) < 4.78 is 1.36. The van der Waals surface area contributed by atoms with Gasteiger partial charge in [0.1, 0.15) is 6.33 Å². The molecule has 0 spiro atoms. The molecule has 1 atom stereocenters. The molecule has 0 amide bonds. The van der Waals surface area contributed by atoms with Gasteiger partial charge in [-0.05, 0) is 70.8 Å². The van der Waals surface area contributed by atoms with Crippen LogP contribution in [0.1, 0.15) is 28.2 Å². The number of hydrogen-bond acceptors (Lipinski definition) is 4. The molecule has 0 saturated carbocycles. The fourth-order valence-corrected chi connectivity index (χ4v) is 5.07. The maximum absolute atomic E-state index is 4.20. The molecular weight excluding hydrogens is 350 g/mol. The third-order valence-electron chi connectivity index (χ3n) is 5.68. The zero-order valence-electron chi connectivity index (χ0n) is 15.5. The number of likely N-dealkylation sites (N-methyl/N-ethyl adjacent to an activating group) is 1. The fourth-order valence-electron chi connectivity index (χ4n) is 4.30. The van der Waals surface area contributed by atoms with Gasteiger partial charge >= 0.3 is 0 Å². The van der Waals surface area contributed by atoms with Crippen LogP contribution in [0.2, 0.25) is 0 Å². The predicted molar refractivity (Wildman–Crippen MR) is 112 cm³/mol. The SMILES string of the molecule is Cc1c(-c2cncnc2)ccc2c1CN(C)CC2c1ccc2sccc2c1. The average molecular weight is 372 g/mol. The Balaban J connectivity index is 1.64. The zero-order chi connectivity index (χ0) is 18.4. The lowest BCUT2D eigenvalue weighted by Gasteiger charge is -2.34. The van der Waals surface area contributed by atoms with Crippen molar-refractivity contribution in [2.24, 2.45) is 0 Å². The van der Waals surface area contributed by atoms with E-state index < -0.39 is 0 Å². The number of benzene rings is 2. The second kappa shape index (κ2) is 6.55. The highest BCUT2D eigenvalue weighted by molar-refractivity contribution is 7.17. The molecule has 4 aromatic rings. The molecule has 134 valence electrons. The van der Waals surface area contributed by atoms with Crippen LogP contribution in [0, 0.1) is 6.92 Å². The van der Waals surface area contributed by atoms with Crippen molar-refractivity contribution in [1.29, 1.82) is 0 Å². The molecule has 0 bridgehead atoms. The monoisotopic (exact) mass is 371 g/mol. The lowest BCUT2D eigenvalue weighted by atomic mass is 9.81. The van der Waals surface area contributed by atoms with Crippen molar-refractivity contribution in [3.63, 3.8) is 0 Å². The molecule has 2 aromatic heterocycles. The second-order valence-electron chi connectivity index (χ2n) is 7.40. The summed E-state index contributed by atoms with van der Waals surface area (Å²) in [5.74, 6) is 0.405. The Bertz CT molecular complexity index is 1120. The van der Waals surface area contributed by atoms with E-state index in [1.807, 2.05) is 23.7 Å². The van der Waals surface area contributed by atoms with E-state index in [1.54, 1.807) is 6.33 Å². The minimum Gasteiger partial charge on any atom is -0.301 e. The Hall–Kier alpha value is -2.56. The number of nitrogens with zero attached hydrogens (tertiary/aromatic N) is 3. The van der Waals surface area contributed by atoms with Crippen LogP contribution < -0.4 is 0 Å². The maximum atomic E-state index is 4.20. The molecule has 0 saturated heterocycles. The smallest absolute Gasteiger partial charge is 0.115 e. The van der Waals surface area contributed by atoms with Gasteiger partial charge in [-0.2, -0.15) is 0 Å². The Kier molecular flexibility index (Phi) is 4.03. The normalized spacial score (nSPS) is 17.2. The molecule has 0 N–H and O–H groups in total. The quantitative estimate of drug-likeness (QED) is 0.482. The van der Waals surface area contributed by atoms with Gasteiger partial charge in [0.05, 0.1) is 0 Å². The molecule has 0 fully saturated rings. The third-order valence-corrected chi connectivity index (χ3v) is 6.58. The molecule has 4 heteroatoms. The summed E-state index contributed by atoms with van der Waals surface area (Å²) >= 11 is 1.81. The van der Waals surface area contributed by atoms with Gasteiger partial charge < -0.3 is 4.90 Å². The minimum absolute atomic E-state index is 0.405. The number of fused-ring (bicyclic) bond motifs is 2. The Labute approximate surface area is 163 Å². The van der Waals surface area contributed by atoms with E-state index in [0.717, 1.165) is 18.7 Å². The van der Waals surface area contributed by atoms with Crippen molar-refractivity contribution >= 4 is 21.4 Å². The Morgan fingerprint density at radius 3 is 2.78 bits per heavy atom. The van der Waals surface area contributed by atoms with Crippen molar-refractivity contribution < 1.29 is 0 Å². The van der Waals surface area contributed by atoms with Crippen LogP contribution in [0.3, 0.4) is 0 Å². The van der Waals surface area contributed by atoms with Gasteiger partial charge in [-0.3, -0.25) is 0 Å². The zero-order valence-corrected chi connectivity index (χ0v) is 16.3. The lowest BCUT2D eigenvalue weighted by molar-refractivity contribution is 0.294. The van der Waals surface area contributed by atoms with E-state index in [1.165, 1.54) is 37.9 Å². The highest BCUT2D eigenvalue weighted by Gasteiger charge is 2.27. The van der Waals surface area contributed by atoms with Gasteiger partial charge in [0.15, 0.2) is 0 Å². The standard InChI is InChI=1S/C23H21N3S/c1-15-19(18-10-24-14-25-11-18)4-5-20-21(15)12-26(2)13-22(20)16-3-6-23-17(9-16)7-8-27-23/h3-11,14,22H,12-13H2,1-2H3. The molecule has 0 aliphatic carbocycles. The Morgan fingerprint density at radius 2 is 1.93 bits per heavy atom. The first-order chi connectivity index (χ1) is 13.2. The predicted octanol–water partition coefficient (Wildman–Crippen LogP) is 5.24. The minimum atomic E-state index is 0.405. The van der Waals surface area contributed by atoms with Crippen LogP contribution in [0.4, 0.5) is 0 Å². The van der Waals surface area contributed by atoms with Crippen molar-refractivity contribution in [2.45, 2.75) is 19.4 Å². The molecule has 3 nitrogen and oxygen atoms in total. The average Bonchev–Trinajstić information content (AvgIpc) is 3.17. The van der Waals surface area contributed by atoms with Crippen molar-refractivity contribution in [3.05, 3.63) is 82.8 Å². The largest absolute Gasteiger partial charge is 0.301 e. The number of aromatic nitrogens is 2. The van der Waals surface area contributed by atoms with Gasteiger partial charge in [0.25, 0.3) is 0 Å². The first kappa shape index (κ1) is 16.6. The summed E-state index contributed by atoms with van der Waals surface area (Å²) in [6.07, 6.45) is 5.38. The number of thiophene rings is 1. The first-order valence-corrected chi connectivity index (χ1v) is 10.1. The van der Waals surface area contributed by atoms with E-state index in [-0.39, 0.29) is 0 Å². The van der Waals surface area contributed by atoms with Crippen molar-refractivity contribution in [2.75, 3.05) is 13.6 Å². The summed E-state index contributed by atoms with van der Waals surface area (Å²) in [7, 11) is 2.22. The van der Waals surface area contributed by atoms with Gasteiger partial charge in [-0.1, -0.05) is 18.2 Å². The number of hydrogen-bond donors (Lipinski definition) is 0. The van der Waals surface area contributed by atoms with Gasteiger partial charge in [0, 0.05) is 41.7 Å². The van der Waals surface area contributed by atoms with E-state index in [4.69, 9.17) is 0 Å². The van der Waals surface area contributed by atoms with Crippen LogP contribution in [-0.4, -0.2) is 28.5 Å². The molecule has 5 rings (SSSR count). The molecule has 27 heavy (non-hydrogen) atoms. The molecule has 1 aliphatic heterocycles. The van der Waals surface area contributed by atoms with Crippen molar-refractivity contribution in [3.8, 4) is 11.1 Å². The highest BCUT2D eigenvalue weighted by Crippen LogP contribution is 2.39. The van der Waals surface area contributed by atoms with E-state index >= 15 is 0 Å². The lowest BCUT2D eigenvalue weighted by Crippen LogP contribution is -2.31. The molecular formula is C23H21N3S. The van der Waals surface area contributed by atoms with Gasteiger partial charge in [0.2, 0.25) is 0 Å². The molecule has 3 heterocycles. The summed E-state index contributed by atoms with van der Waals surface area (Å²) in [5.41, 5.74) is 7.97.